The summed E-state index contributed by atoms with van der Waals surface area (Å²) in [5.41, 5.74) is 3.01. The molecule has 40 heavy (non-hydrogen) atoms. The number of alkyl carbamates (subject to hydrolysis) is 1. The average molecular weight is 571 g/mol. The van der Waals surface area contributed by atoms with Crippen molar-refractivity contribution in [3.05, 3.63) is 11.6 Å². The third kappa shape index (κ3) is 13.1. The van der Waals surface area contributed by atoms with Gasteiger partial charge >= 0.3 is 12.1 Å². The molecule has 1 rings (SSSR count). The first kappa shape index (κ1) is 35.3. The van der Waals surface area contributed by atoms with Gasteiger partial charge in [0.15, 0.2) is 5.79 Å². The van der Waals surface area contributed by atoms with Crippen molar-refractivity contribution in [3.8, 4) is 0 Å². The highest BCUT2D eigenvalue weighted by Gasteiger charge is 2.38. The van der Waals surface area contributed by atoms with Crippen molar-refractivity contribution in [2.24, 2.45) is 4.99 Å². The largest absolute Gasteiger partial charge is 0.463 e. The number of amides is 2. The van der Waals surface area contributed by atoms with Crippen molar-refractivity contribution in [2.45, 2.75) is 123 Å². The lowest BCUT2D eigenvalue weighted by molar-refractivity contribution is -0.219. The van der Waals surface area contributed by atoms with E-state index in [4.69, 9.17) is 23.8 Å². The number of carbonyl (C=O) groups excluding carboxylic acids is 3. The fourth-order valence-electron chi connectivity index (χ4n) is 3.97. The van der Waals surface area contributed by atoms with Gasteiger partial charge in [0.1, 0.15) is 0 Å². The number of nitrogens with one attached hydrogen (secondary N) is 3. The first-order valence-corrected chi connectivity index (χ1v) is 14.3. The number of esters is 1. The molecule has 0 aromatic heterocycles. The van der Waals surface area contributed by atoms with Crippen molar-refractivity contribution < 1.29 is 38.2 Å². The Morgan fingerprint density at radius 2 is 1.77 bits per heavy atom. The van der Waals surface area contributed by atoms with Gasteiger partial charge in [0, 0.05) is 26.0 Å². The zero-order valence-corrected chi connectivity index (χ0v) is 25.5. The molecular weight excluding hydrogens is 520 g/mol. The van der Waals surface area contributed by atoms with Crippen LogP contribution >= 0.6 is 0 Å². The Balaban J connectivity index is 3.38. The number of carbonyl (C=O) groups is 3. The van der Waals surface area contributed by atoms with Crippen LogP contribution in [-0.2, 0) is 33.4 Å². The van der Waals surface area contributed by atoms with Gasteiger partial charge in [0.2, 0.25) is 11.9 Å². The number of hydroxylamine groups is 1. The highest BCUT2D eigenvalue weighted by Crippen LogP contribution is 2.27. The molecule has 1 aliphatic rings. The van der Waals surface area contributed by atoms with Crippen LogP contribution in [0.25, 0.3) is 0 Å². The van der Waals surface area contributed by atoms with E-state index in [0.717, 1.165) is 38.5 Å². The number of guanidine groups is 1. The Morgan fingerprint density at radius 3 is 2.35 bits per heavy atom. The SMILES string of the molecule is CCCCCCOC(=O)NC(=N[C@H]1CC(C(=O)OCC)=C[C@@H](OC(CC)CC)[C@@H]1NC(C)=O)NOC(C)(C)OC. The maximum Gasteiger partial charge on any atom is 0.414 e. The minimum atomic E-state index is -1.06. The predicted octanol–water partition coefficient (Wildman–Crippen LogP) is 3.89. The second kappa shape index (κ2) is 18.6. The molecule has 12 nitrogen and oxygen atoms in total. The van der Waals surface area contributed by atoms with Gasteiger partial charge in [-0.1, -0.05) is 40.0 Å². The maximum atomic E-state index is 12.8. The van der Waals surface area contributed by atoms with E-state index in [1.54, 1.807) is 26.8 Å². The van der Waals surface area contributed by atoms with E-state index in [2.05, 4.69) is 28.0 Å². The predicted molar refractivity (Wildman–Crippen MR) is 151 cm³/mol. The molecule has 0 aliphatic heterocycles. The monoisotopic (exact) mass is 570 g/mol. The minimum Gasteiger partial charge on any atom is -0.463 e. The van der Waals surface area contributed by atoms with Crippen LogP contribution in [0.2, 0.25) is 0 Å². The zero-order valence-electron chi connectivity index (χ0n) is 25.5. The summed E-state index contributed by atoms with van der Waals surface area (Å²) in [4.78, 5) is 47.9. The topological polar surface area (TPSA) is 146 Å². The molecule has 3 N–H and O–H groups in total. The van der Waals surface area contributed by atoms with E-state index in [0.29, 0.717) is 5.57 Å². The Morgan fingerprint density at radius 1 is 1.07 bits per heavy atom. The smallest absolute Gasteiger partial charge is 0.414 e. The molecule has 0 saturated heterocycles. The van der Waals surface area contributed by atoms with Gasteiger partial charge < -0.3 is 24.3 Å². The number of hydrogen-bond donors (Lipinski definition) is 3. The number of ether oxygens (including phenoxy) is 4. The van der Waals surface area contributed by atoms with Gasteiger partial charge in [-0.2, -0.15) is 0 Å². The number of unbranched alkanes of at least 4 members (excludes halogenated alkanes) is 3. The molecule has 0 bridgehead atoms. The number of hydrogen-bond acceptors (Lipinski definition) is 9. The molecular formula is C28H50N4O8. The summed E-state index contributed by atoms with van der Waals surface area (Å²) in [6, 6.07) is -1.37. The second-order valence-corrected chi connectivity index (χ2v) is 10.1. The molecule has 0 aromatic carbocycles. The van der Waals surface area contributed by atoms with Gasteiger partial charge in [-0.25, -0.2) is 24.9 Å². The Labute approximate surface area is 238 Å². The van der Waals surface area contributed by atoms with Crippen molar-refractivity contribution in [1.29, 1.82) is 0 Å². The second-order valence-electron chi connectivity index (χ2n) is 10.1. The molecule has 0 unspecified atom stereocenters. The van der Waals surface area contributed by atoms with Crippen molar-refractivity contribution in [1.82, 2.24) is 16.1 Å². The van der Waals surface area contributed by atoms with Crippen LogP contribution in [0.1, 0.15) is 93.4 Å². The number of aliphatic imine (C=N–C) groups is 1. The number of nitrogens with zero attached hydrogens (tertiary/aromatic N) is 1. The normalized spacial score (nSPS) is 19.6. The third-order valence-electron chi connectivity index (χ3n) is 6.36. The van der Waals surface area contributed by atoms with Crippen molar-refractivity contribution >= 4 is 23.9 Å². The van der Waals surface area contributed by atoms with Crippen LogP contribution < -0.4 is 16.1 Å². The average Bonchev–Trinajstić information content (AvgIpc) is 2.91. The quantitative estimate of drug-likeness (QED) is 0.0628. The Bertz CT molecular complexity index is 857. The maximum absolute atomic E-state index is 12.8. The molecule has 0 fully saturated rings. The molecule has 230 valence electrons. The van der Waals surface area contributed by atoms with E-state index >= 15 is 0 Å². The van der Waals surface area contributed by atoms with E-state index in [1.165, 1.54) is 14.0 Å². The molecule has 3 atom stereocenters. The molecule has 12 heteroatoms. The fraction of sp³-hybridized carbons (Fsp3) is 0.786. The fourth-order valence-corrected chi connectivity index (χ4v) is 3.97. The molecule has 0 saturated carbocycles. The van der Waals surface area contributed by atoms with Gasteiger partial charge in [-0.05, 0) is 46.1 Å². The van der Waals surface area contributed by atoms with Gasteiger partial charge in [-0.15, -0.1) is 0 Å². The van der Waals surface area contributed by atoms with Crippen molar-refractivity contribution in [2.75, 3.05) is 20.3 Å². The van der Waals surface area contributed by atoms with E-state index in [9.17, 15) is 14.4 Å². The summed E-state index contributed by atoms with van der Waals surface area (Å²) >= 11 is 0. The Kier molecular flexibility index (Phi) is 16.4. The molecule has 0 heterocycles. The summed E-state index contributed by atoms with van der Waals surface area (Å²) in [6.07, 6.45) is 5.63. The van der Waals surface area contributed by atoms with Crippen LogP contribution in [0.5, 0.6) is 0 Å². The van der Waals surface area contributed by atoms with E-state index in [1.807, 2.05) is 13.8 Å². The summed E-state index contributed by atoms with van der Waals surface area (Å²) in [5.74, 6) is -1.92. The minimum absolute atomic E-state index is 0.0737. The zero-order chi connectivity index (χ0) is 30.1. The standard InChI is InChI=1S/C28H50N4O8/c1-9-13-14-15-16-38-27(35)31-26(32-40-28(6,7)36-8)30-22-17-20(25(34)37-12-4)18-23(24(22)29-19(5)33)39-21(10-2)11-3/h18,21-24H,9-17H2,1-8H3,(H,29,33)(H2,30,31,32,35)/t22-,23+,24+/m0/s1. The third-order valence-corrected chi connectivity index (χ3v) is 6.36. The molecule has 0 aromatic rings. The highest BCUT2D eigenvalue weighted by molar-refractivity contribution is 5.94. The number of rotatable bonds is 16. The summed E-state index contributed by atoms with van der Waals surface area (Å²) < 4.78 is 22.2. The summed E-state index contributed by atoms with van der Waals surface area (Å²) in [7, 11) is 1.47. The molecule has 0 radical (unpaired) electrons. The lowest BCUT2D eigenvalue weighted by Gasteiger charge is -2.37. The van der Waals surface area contributed by atoms with Gasteiger partial charge in [-0.3, -0.25) is 10.1 Å². The Hall–Kier alpha value is -2.70. The van der Waals surface area contributed by atoms with E-state index in [-0.39, 0.29) is 37.6 Å². The molecule has 1 aliphatic carbocycles. The van der Waals surface area contributed by atoms with Crippen LogP contribution in [0.3, 0.4) is 0 Å². The molecule has 0 spiro atoms. The van der Waals surface area contributed by atoms with Crippen LogP contribution in [0.4, 0.5) is 4.79 Å². The van der Waals surface area contributed by atoms with Crippen LogP contribution in [0, 0.1) is 0 Å². The highest BCUT2D eigenvalue weighted by atomic mass is 16.8. The van der Waals surface area contributed by atoms with Gasteiger partial charge in [0.05, 0.1) is 37.5 Å². The van der Waals surface area contributed by atoms with Crippen LogP contribution in [0.15, 0.2) is 16.6 Å². The first-order chi connectivity index (χ1) is 19.0. The summed E-state index contributed by atoms with van der Waals surface area (Å²) in [5, 5.41) is 5.50. The summed E-state index contributed by atoms with van der Waals surface area (Å²) in [6.45, 7) is 13.0. The lowest BCUT2D eigenvalue weighted by Crippen LogP contribution is -2.55. The molecule has 2 amide bonds. The van der Waals surface area contributed by atoms with Crippen molar-refractivity contribution in [3.63, 3.8) is 0 Å². The lowest BCUT2D eigenvalue weighted by atomic mass is 9.88. The number of methoxy groups -OCH3 is 1. The van der Waals surface area contributed by atoms with Gasteiger partial charge in [0.25, 0.3) is 0 Å². The van der Waals surface area contributed by atoms with E-state index < -0.39 is 36.0 Å². The first-order valence-electron chi connectivity index (χ1n) is 14.3. The van der Waals surface area contributed by atoms with Crippen LogP contribution in [-0.4, -0.2) is 74.3 Å².